The molecule has 1 fully saturated rings. The third-order valence-corrected chi connectivity index (χ3v) is 4.14. The Morgan fingerprint density at radius 3 is 3.00 bits per heavy atom. The molecule has 3 nitrogen and oxygen atoms in total. The Balaban J connectivity index is 1.85. The first-order valence-electron chi connectivity index (χ1n) is 7.06. The second kappa shape index (κ2) is 5.27. The summed E-state index contributed by atoms with van der Waals surface area (Å²) < 4.78 is 0. The number of likely N-dealkylation sites (tertiary alicyclic amines) is 1. The van der Waals surface area contributed by atoms with Gasteiger partial charge in [-0.25, -0.2) is 0 Å². The van der Waals surface area contributed by atoms with Crippen LogP contribution in [0.3, 0.4) is 0 Å². The van der Waals surface area contributed by atoms with Crippen molar-refractivity contribution in [3.63, 3.8) is 0 Å². The highest BCUT2D eigenvalue weighted by Crippen LogP contribution is 2.22. The summed E-state index contributed by atoms with van der Waals surface area (Å²) in [5, 5.41) is 1.22. The van der Waals surface area contributed by atoms with E-state index in [1.54, 1.807) is 0 Å². The number of pyridine rings is 1. The van der Waals surface area contributed by atoms with Crippen LogP contribution in [-0.4, -0.2) is 28.5 Å². The number of nitrogens with zero attached hydrogens (tertiary/aromatic N) is 2. The molecule has 0 spiro atoms. The topological polar surface area (TPSA) is 42.1 Å². The molecule has 0 aliphatic carbocycles. The fourth-order valence-electron chi connectivity index (χ4n) is 3.01. The monoisotopic (exact) mass is 255 g/mol. The van der Waals surface area contributed by atoms with Gasteiger partial charge in [-0.05, 0) is 31.4 Å². The van der Waals surface area contributed by atoms with E-state index in [9.17, 15) is 0 Å². The van der Waals surface area contributed by atoms with Gasteiger partial charge in [-0.3, -0.25) is 9.88 Å². The number of nitrogens with two attached hydrogens (primary N) is 1. The molecule has 0 bridgehead atoms. The van der Waals surface area contributed by atoms with Gasteiger partial charge in [0.1, 0.15) is 0 Å². The number of para-hydroxylation sites is 1. The highest BCUT2D eigenvalue weighted by Gasteiger charge is 2.23. The van der Waals surface area contributed by atoms with Gasteiger partial charge in [0.2, 0.25) is 0 Å². The highest BCUT2D eigenvalue weighted by atomic mass is 15.2. The van der Waals surface area contributed by atoms with Crippen LogP contribution < -0.4 is 5.73 Å². The molecular formula is C16H21N3. The minimum absolute atomic E-state index is 0.372. The molecule has 1 aliphatic heterocycles. The van der Waals surface area contributed by atoms with Crippen molar-refractivity contribution in [1.29, 1.82) is 0 Å². The molecule has 0 amide bonds. The molecule has 3 rings (SSSR count). The highest BCUT2D eigenvalue weighted by molar-refractivity contribution is 5.81. The standard InChI is InChI=1S/C16H21N3/c1-12-10-15(17)7-9-19(12)11-14-5-2-4-13-6-3-8-18-16(13)14/h2-6,8,12,15H,7,9-11,17H2,1H3. The SMILES string of the molecule is CC1CC(N)CCN1Cc1cccc2cccnc12. The second-order valence-corrected chi connectivity index (χ2v) is 5.60. The Morgan fingerprint density at radius 2 is 2.16 bits per heavy atom. The van der Waals surface area contributed by atoms with Gasteiger partial charge in [-0.1, -0.05) is 24.3 Å². The smallest absolute Gasteiger partial charge is 0.0746 e. The van der Waals surface area contributed by atoms with Crippen LogP contribution in [0, 0.1) is 0 Å². The van der Waals surface area contributed by atoms with Gasteiger partial charge in [0.05, 0.1) is 5.52 Å². The van der Waals surface area contributed by atoms with Crippen molar-refractivity contribution >= 4 is 10.9 Å². The van der Waals surface area contributed by atoms with Crippen LogP contribution in [0.25, 0.3) is 10.9 Å². The van der Waals surface area contributed by atoms with Crippen LogP contribution in [0.5, 0.6) is 0 Å². The Hall–Kier alpha value is -1.45. The van der Waals surface area contributed by atoms with Gasteiger partial charge < -0.3 is 5.73 Å². The Labute approximate surface area is 114 Å². The third kappa shape index (κ3) is 2.62. The number of fused-ring (bicyclic) bond motifs is 1. The van der Waals surface area contributed by atoms with Gasteiger partial charge >= 0.3 is 0 Å². The van der Waals surface area contributed by atoms with Crippen LogP contribution >= 0.6 is 0 Å². The molecule has 2 heterocycles. The van der Waals surface area contributed by atoms with E-state index in [1.165, 1.54) is 10.9 Å². The molecule has 2 unspecified atom stereocenters. The van der Waals surface area contributed by atoms with E-state index in [2.05, 4.69) is 41.1 Å². The van der Waals surface area contributed by atoms with Gasteiger partial charge in [-0.2, -0.15) is 0 Å². The lowest BCUT2D eigenvalue weighted by Crippen LogP contribution is -2.44. The molecule has 1 aromatic carbocycles. The lowest BCUT2D eigenvalue weighted by molar-refractivity contribution is 0.140. The molecular weight excluding hydrogens is 234 g/mol. The summed E-state index contributed by atoms with van der Waals surface area (Å²) in [7, 11) is 0. The van der Waals surface area contributed by atoms with Crippen molar-refractivity contribution < 1.29 is 0 Å². The first-order valence-corrected chi connectivity index (χ1v) is 7.06. The molecule has 2 aromatic rings. The van der Waals surface area contributed by atoms with E-state index in [1.807, 2.05) is 12.3 Å². The summed E-state index contributed by atoms with van der Waals surface area (Å²) in [5.41, 5.74) is 8.48. The molecule has 0 saturated carbocycles. The molecule has 1 saturated heterocycles. The summed E-state index contributed by atoms with van der Waals surface area (Å²) in [4.78, 5) is 7.06. The van der Waals surface area contributed by atoms with E-state index >= 15 is 0 Å². The first kappa shape index (κ1) is 12.6. The van der Waals surface area contributed by atoms with Crippen molar-refractivity contribution in [2.24, 2.45) is 5.73 Å². The summed E-state index contributed by atoms with van der Waals surface area (Å²) in [5.74, 6) is 0. The van der Waals surface area contributed by atoms with Crippen LogP contribution in [0.4, 0.5) is 0 Å². The van der Waals surface area contributed by atoms with Crippen LogP contribution in [0.1, 0.15) is 25.3 Å². The summed E-state index contributed by atoms with van der Waals surface area (Å²) in [6.07, 6.45) is 4.07. The molecule has 100 valence electrons. The van der Waals surface area contributed by atoms with Crippen molar-refractivity contribution in [2.45, 2.75) is 38.4 Å². The predicted molar refractivity (Wildman–Crippen MR) is 78.8 cm³/mol. The summed E-state index contributed by atoms with van der Waals surface area (Å²) in [6.45, 7) is 4.34. The third-order valence-electron chi connectivity index (χ3n) is 4.14. The molecule has 3 heteroatoms. The number of hydrogen-bond acceptors (Lipinski definition) is 3. The van der Waals surface area contributed by atoms with Gasteiger partial charge in [0, 0.05) is 36.8 Å². The largest absolute Gasteiger partial charge is 0.328 e. The maximum Gasteiger partial charge on any atom is 0.0746 e. The minimum Gasteiger partial charge on any atom is -0.328 e. The van der Waals surface area contributed by atoms with Gasteiger partial charge in [0.15, 0.2) is 0 Å². The summed E-state index contributed by atoms with van der Waals surface area (Å²) in [6, 6.07) is 11.5. The van der Waals surface area contributed by atoms with Crippen molar-refractivity contribution in [1.82, 2.24) is 9.88 Å². The van der Waals surface area contributed by atoms with Crippen molar-refractivity contribution in [3.05, 3.63) is 42.1 Å². The van der Waals surface area contributed by atoms with Crippen LogP contribution in [-0.2, 0) is 6.54 Å². The zero-order chi connectivity index (χ0) is 13.2. The number of piperidine rings is 1. The van der Waals surface area contributed by atoms with Gasteiger partial charge in [0.25, 0.3) is 0 Å². The first-order chi connectivity index (χ1) is 9.24. The average molecular weight is 255 g/mol. The quantitative estimate of drug-likeness (QED) is 0.896. The van der Waals surface area contributed by atoms with Crippen molar-refractivity contribution in [2.75, 3.05) is 6.54 Å². The molecule has 2 atom stereocenters. The van der Waals surface area contributed by atoms with Crippen molar-refractivity contribution in [3.8, 4) is 0 Å². The maximum atomic E-state index is 6.03. The number of benzene rings is 1. The average Bonchev–Trinajstić information content (AvgIpc) is 2.42. The molecule has 1 aliphatic rings. The van der Waals surface area contributed by atoms with Crippen LogP contribution in [0.15, 0.2) is 36.5 Å². The molecule has 19 heavy (non-hydrogen) atoms. The molecule has 2 N–H and O–H groups in total. The van der Waals surface area contributed by atoms with E-state index in [4.69, 9.17) is 5.73 Å². The minimum atomic E-state index is 0.372. The Kier molecular flexibility index (Phi) is 3.49. The van der Waals surface area contributed by atoms with Gasteiger partial charge in [-0.15, -0.1) is 0 Å². The van der Waals surface area contributed by atoms with E-state index in [0.29, 0.717) is 12.1 Å². The molecule has 0 radical (unpaired) electrons. The van der Waals surface area contributed by atoms with E-state index < -0.39 is 0 Å². The van der Waals surface area contributed by atoms with E-state index in [0.717, 1.165) is 31.4 Å². The lowest BCUT2D eigenvalue weighted by atomic mass is 9.98. The number of rotatable bonds is 2. The normalized spacial score (nSPS) is 24.7. The Morgan fingerprint density at radius 1 is 1.32 bits per heavy atom. The van der Waals surface area contributed by atoms with Crippen LogP contribution in [0.2, 0.25) is 0 Å². The zero-order valence-electron chi connectivity index (χ0n) is 11.4. The molecule has 1 aromatic heterocycles. The fourth-order valence-corrected chi connectivity index (χ4v) is 3.01. The summed E-state index contributed by atoms with van der Waals surface area (Å²) >= 11 is 0. The Bertz CT molecular complexity index is 561. The zero-order valence-corrected chi connectivity index (χ0v) is 11.4. The fraction of sp³-hybridized carbons (Fsp3) is 0.438. The van der Waals surface area contributed by atoms with E-state index in [-0.39, 0.29) is 0 Å². The predicted octanol–water partition coefficient (Wildman–Crippen LogP) is 2.55. The number of aromatic nitrogens is 1. The second-order valence-electron chi connectivity index (χ2n) is 5.60. The maximum absolute atomic E-state index is 6.03. The lowest BCUT2D eigenvalue weighted by Gasteiger charge is -2.36. The number of hydrogen-bond donors (Lipinski definition) is 1.